The first-order valence-electron chi connectivity index (χ1n) is 10.4. The zero-order chi connectivity index (χ0) is 22.1. The summed E-state index contributed by atoms with van der Waals surface area (Å²) in [5, 5.41) is 16.7. The van der Waals surface area contributed by atoms with E-state index in [-0.39, 0.29) is 0 Å². The summed E-state index contributed by atoms with van der Waals surface area (Å²) in [4.78, 5) is 0. The largest absolute Gasteiger partial charge is 0.438 e. The Kier molecular flexibility index (Phi) is 6.71. The topological polar surface area (TPSA) is 45.4 Å². The first-order chi connectivity index (χ1) is 15.8. The lowest BCUT2D eigenvalue weighted by Crippen LogP contribution is -2.68. The van der Waals surface area contributed by atoms with Gasteiger partial charge in [-0.1, -0.05) is 109 Å². The lowest BCUT2D eigenvalue weighted by Gasteiger charge is -2.29. The molecule has 0 heterocycles. The van der Waals surface area contributed by atoms with Gasteiger partial charge in [-0.3, -0.25) is 0 Å². The number of nitrogens with zero attached hydrogens (tertiary/aromatic N) is 2. The molecule has 0 saturated carbocycles. The van der Waals surface area contributed by atoms with Crippen molar-refractivity contribution in [2.45, 2.75) is 0 Å². The van der Waals surface area contributed by atoms with Crippen LogP contribution in [-0.2, 0) is 4.53 Å². The number of benzene rings is 4. The minimum Gasteiger partial charge on any atom is -0.438 e. The van der Waals surface area contributed by atoms with Gasteiger partial charge >= 0.3 is 8.32 Å². The molecule has 0 atom stereocenters. The Morgan fingerprint density at radius 2 is 1.12 bits per heavy atom. The average Bonchev–Trinajstić information content (AvgIpc) is 2.88. The molecule has 0 aliphatic heterocycles. The molecule has 0 aliphatic carbocycles. The highest BCUT2D eigenvalue weighted by molar-refractivity contribution is 7.07. The van der Waals surface area contributed by atoms with Crippen LogP contribution in [-0.4, -0.2) is 14.5 Å². The molecule has 32 heavy (non-hydrogen) atoms. The van der Waals surface area contributed by atoms with E-state index in [9.17, 15) is 0 Å². The van der Waals surface area contributed by atoms with Crippen molar-refractivity contribution in [3.63, 3.8) is 0 Å². The monoisotopic (exact) mass is 430 g/mol. The van der Waals surface area contributed by atoms with E-state index in [1.165, 1.54) is 0 Å². The lowest BCUT2D eigenvalue weighted by molar-refractivity contribution is 0.352. The Morgan fingerprint density at radius 1 is 0.656 bits per heavy atom. The SMILES string of the molecule is N#Cc1ccc(/C=C/C=N/O[Si](c2ccccc2)(c2ccccc2)c2ccccc2)cc1. The van der Waals surface area contributed by atoms with Crippen LogP contribution in [0.3, 0.4) is 0 Å². The molecule has 0 aromatic heterocycles. The van der Waals surface area contributed by atoms with Gasteiger partial charge in [0, 0.05) is 0 Å². The third-order valence-electron chi connectivity index (χ3n) is 5.21. The smallest absolute Gasteiger partial charge is 0.380 e. The van der Waals surface area contributed by atoms with E-state index in [2.05, 4.69) is 47.6 Å². The second-order valence-electron chi connectivity index (χ2n) is 7.22. The van der Waals surface area contributed by atoms with Crippen molar-refractivity contribution < 1.29 is 4.53 Å². The summed E-state index contributed by atoms with van der Waals surface area (Å²) in [6, 6.07) is 40.5. The lowest BCUT2D eigenvalue weighted by atomic mass is 10.1. The van der Waals surface area contributed by atoms with Crippen molar-refractivity contribution in [3.8, 4) is 6.07 Å². The molecule has 3 nitrogen and oxygen atoms in total. The van der Waals surface area contributed by atoms with Crippen molar-refractivity contribution in [3.05, 3.63) is 132 Å². The molecule has 4 heteroatoms. The Morgan fingerprint density at radius 3 is 1.56 bits per heavy atom. The maximum atomic E-state index is 8.93. The van der Waals surface area contributed by atoms with Gasteiger partial charge < -0.3 is 4.53 Å². The predicted molar refractivity (Wildman–Crippen MR) is 134 cm³/mol. The number of hydrogen-bond acceptors (Lipinski definition) is 3. The normalized spacial score (nSPS) is 11.5. The number of nitriles is 1. The van der Waals surface area contributed by atoms with E-state index in [4.69, 9.17) is 9.79 Å². The van der Waals surface area contributed by atoms with E-state index in [0.717, 1.165) is 21.1 Å². The molecule has 0 aliphatic rings. The molecule has 0 N–H and O–H groups in total. The van der Waals surface area contributed by atoms with Gasteiger partial charge in [0.05, 0.1) is 17.8 Å². The number of allylic oxidation sites excluding steroid dienone is 1. The zero-order valence-corrected chi connectivity index (χ0v) is 18.5. The second-order valence-corrected chi connectivity index (χ2v) is 10.5. The van der Waals surface area contributed by atoms with Crippen LogP contribution >= 0.6 is 0 Å². The summed E-state index contributed by atoms with van der Waals surface area (Å²) in [5.41, 5.74) is 1.64. The molecule has 4 rings (SSSR count). The van der Waals surface area contributed by atoms with Crippen molar-refractivity contribution in [2.24, 2.45) is 5.16 Å². The maximum absolute atomic E-state index is 8.93. The summed E-state index contributed by atoms with van der Waals surface area (Å²) in [7, 11) is -2.83. The summed E-state index contributed by atoms with van der Waals surface area (Å²) in [5.74, 6) is 0. The van der Waals surface area contributed by atoms with E-state index in [1.54, 1.807) is 18.3 Å². The summed E-state index contributed by atoms with van der Waals surface area (Å²) in [6.07, 6.45) is 5.46. The molecule has 154 valence electrons. The fourth-order valence-corrected chi connectivity index (χ4v) is 7.17. The molecule has 0 amide bonds. The molecule has 0 unspecified atom stereocenters. The van der Waals surface area contributed by atoms with E-state index >= 15 is 0 Å². The van der Waals surface area contributed by atoms with Gasteiger partial charge in [-0.15, -0.1) is 5.16 Å². The van der Waals surface area contributed by atoms with Crippen LogP contribution in [0.4, 0.5) is 0 Å². The van der Waals surface area contributed by atoms with Crippen molar-refractivity contribution in [2.75, 3.05) is 0 Å². The fourth-order valence-electron chi connectivity index (χ4n) is 3.64. The van der Waals surface area contributed by atoms with Crippen LogP contribution in [0.5, 0.6) is 0 Å². The third kappa shape index (κ3) is 4.59. The molecular formula is C28H22N2OSi. The molecule has 0 spiro atoms. The van der Waals surface area contributed by atoms with Gasteiger partial charge in [-0.2, -0.15) is 5.26 Å². The van der Waals surface area contributed by atoms with Crippen LogP contribution in [0.1, 0.15) is 11.1 Å². The highest BCUT2D eigenvalue weighted by Gasteiger charge is 2.44. The van der Waals surface area contributed by atoms with Crippen LogP contribution in [0.25, 0.3) is 6.08 Å². The standard InChI is InChI=1S/C28H22N2OSi/c29-23-25-20-18-24(19-21-25)11-10-22-30-31-32(26-12-4-1-5-13-26,27-14-6-2-7-15-27)28-16-8-3-9-17-28/h1-22H/b11-10+,30-22+. The first-order valence-corrected chi connectivity index (χ1v) is 12.3. The number of rotatable bonds is 7. The van der Waals surface area contributed by atoms with Crippen molar-refractivity contribution in [1.82, 2.24) is 0 Å². The number of oxime groups is 1. The van der Waals surface area contributed by atoms with E-state index in [1.807, 2.05) is 78.9 Å². The second kappa shape index (κ2) is 10.2. The van der Waals surface area contributed by atoms with Crippen LogP contribution in [0, 0.1) is 11.3 Å². The van der Waals surface area contributed by atoms with Gasteiger partial charge in [0.2, 0.25) is 0 Å². The molecule has 0 radical (unpaired) electrons. The zero-order valence-electron chi connectivity index (χ0n) is 17.5. The molecule has 0 fully saturated rings. The van der Waals surface area contributed by atoms with Gasteiger partial charge in [0.1, 0.15) is 0 Å². The third-order valence-corrected chi connectivity index (χ3v) is 9.02. The number of hydrogen-bond donors (Lipinski definition) is 0. The highest BCUT2D eigenvalue weighted by atomic mass is 28.4. The molecule has 0 saturated heterocycles. The molecule has 4 aromatic rings. The average molecular weight is 431 g/mol. The quantitative estimate of drug-likeness (QED) is 0.191. The van der Waals surface area contributed by atoms with Gasteiger partial charge in [-0.05, 0) is 39.3 Å². The summed E-state index contributed by atoms with van der Waals surface area (Å²) < 4.78 is 6.48. The van der Waals surface area contributed by atoms with Gasteiger partial charge in [0.25, 0.3) is 0 Å². The Hall–Kier alpha value is -4.20. The molecule has 0 bridgehead atoms. The van der Waals surface area contributed by atoms with E-state index in [0.29, 0.717) is 5.56 Å². The van der Waals surface area contributed by atoms with Crippen molar-refractivity contribution >= 4 is 36.2 Å². The maximum Gasteiger partial charge on any atom is 0.380 e. The highest BCUT2D eigenvalue weighted by Crippen LogP contribution is 2.10. The predicted octanol–water partition coefficient (Wildman–Crippen LogP) is 4.24. The van der Waals surface area contributed by atoms with Crippen LogP contribution in [0.15, 0.2) is 126 Å². The van der Waals surface area contributed by atoms with Gasteiger partial charge in [-0.25, -0.2) is 0 Å². The van der Waals surface area contributed by atoms with Gasteiger partial charge in [0.15, 0.2) is 0 Å². The van der Waals surface area contributed by atoms with E-state index < -0.39 is 8.32 Å². The first kappa shape index (κ1) is 21.0. The Bertz CT molecular complexity index is 1130. The summed E-state index contributed by atoms with van der Waals surface area (Å²) >= 11 is 0. The van der Waals surface area contributed by atoms with Crippen LogP contribution < -0.4 is 15.6 Å². The minimum atomic E-state index is -2.83. The van der Waals surface area contributed by atoms with Crippen molar-refractivity contribution in [1.29, 1.82) is 5.26 Å². The Labute approximate surface area is 189 Å². The van der Waals surface area contributed by atoms with Crippen LogP contribution in [0.2, 0.25) is 0 Å². The molecular weight excluding hydrogens is 408 g/mol. The molecule has 4 aromatic carbocycles. The minimum absolute atomic E-state index is 0.642. The Balaban J connectivity index is 1.70. The fraction of sp³-hybridized carbons (Fsp3) is 0. The summed E-state index contributed by atoms with van der Waals surface area (Å²) in [6.45, 7) is 0.